The zero-order chi connectivity index (χ0) is 14.8. The molecule has 0 atom stereocenters. The van der Waals surface area contributed by atoms with Crippen LogP contribution in [0.2, 0.25) is 0 Å². The molecule has 104 valence electrons. The number of rotatable bonds is 2. The molecule has 1 amide bonds. The third kappa shape index (κ3) is 3.14. The molecule has 6 heteroatoms. The maximum absolute atomic E-state index is 12.6. The largest absolute Gasteiger partial charge is 0.416 e. The lowest BCUT2D eigenvalue weighted by Crippen LogP contribution is -2.15. The van der Waals surface area contributed by atoms with Gasteiger partial charge in [0, 0.05) is 11.8 Å². The summed E-state index contributed by atoms with van der Waals surface area (Å²) in [7, 11) is 0. The second-order valence-electron chi connectivity index (χ2n) is 4.20. The molecule has 0 unspecified atom stereocenters. The Bertz CT molecular complexity index is 638. The SMILES string of the molecule is Cc1cccnc1NC(=O)c1cccc(C(F)(F)F)c1. The van der Waals surface area contributed by atoms with Crippen LogP contribution in [0.3, 0.4) is 0 Å². The van der Waals surface area contributed by atoms with Crippen LogP contribution in [0, 0.1) is 6.92 Å². The maximum Gasteiger partial charge on any atom is 0.416 e. The fourth-order valence-corrected chi connectivity index (χ4v) is 1.63. The number of hydrogen-bond donors (Lipinski definition) is 1. The average Bonchev–Trinajstić information content (AvgIpc) is 2.40. The number of aromatic nitrogens is 1. The summed E-state index contributed by atoms with van der Waals surface area (Å²) in [5, 5.41) is 2.49. The van der Waals surface area contributed by atoms with Crippen molar-refractivity contribution in [1.82, 2.24) is 4.98 Å². The number of nitrogens with one attached hydrogen (secondary N) is 1. The highest BCUT2D eigenvalue weighted by molar-refractivity contribution is 6.04. The second-order valence-corrected chi connectivity index (χ2v) is 4.20. The Balaban J connectivity index is 2.24. The molecule has 1 heterocycles. The van der Waals surface area contributed by atoms with Crippen molar-refractivity contribution in [3.8, 4) is 0 Å². The maximum atomic E-state index is 12.6. The van der Waals surface area contributed by atoms with Crippen molar-refractivity contribution in [2.75, 3.05) is 5.32 Å². The molecule has 0 radical (unpaired) electrons. The molecular weight excluding hydrogens is 269 g/mol. The summed E-state index contributed by atoms with van der Waals surface area (Å²) < 4.78 is 37.7. The molecule has 2 aromatic rings. The Hall–Kier alpha value is -2.37. The van der Waals surface area contributed by atoms with Crippen molar-refractivity contribution in [1.29, 1.82) is 0 Å². The van der Waals surface area contributed by atoms with Gasteiger partial charge in [0.15, 0.2) is 0 Å². The third-order valence-corrected chi connectivity index (χ3v) is 2.69. The van der Waals surface area contributed by atoms with Gasteiger partial charge >= 0.3 is 6.18 Å². The normalized spacial score (nSPS) is 11.2. The van der Waals surface area contributed by atoms with Crippen molar-refractivity contribution in [3.05, 3.63) is 59.3 Å². The summed E-state index contributed by atoms with van der Waals surface area (Å²) in [5.41, 5.74) is -0.194. The summed E-state index contributed by atoms with van der Waals surface area (Å²) in [4.78, 5) is 15.9. The van der Waals surface area contributed by atoms with Crippen LogP contribution in [0.1, 0.15) is 21.5 Å². The number of pyridine rings is 1. The van der Waals surface area contributed by atoms with Crippen molar-refractivity contribution in [2.24, 2.45) is 0 Å². The Labute approximate surface area is 113 Å². The van der Waals surface area contributed by atoms with Gasteiger partial charge < -0.3 is 5.32 Å². The first-order valence-electron chi connectivity index (χ1n) is 5.78. The van der Waals surface area contributed by atoms with Gasteiger partial charge in [-0.15, -0.1) is 0 Å². The van der Waals surface area contributed by atoms with E-state index in [4.69, 9.17) is 0 Å². The van der Waals surface area contributed by atoms with Crippen LogP contribution < -0.4 is 5.32 Å². The molecule has 2 rings (SSSR count). The topological polar surface area (TPSA) is 42.0 Å². The van der Waals surface area contributed by atoms with Gasteiger partial charge in [0.05, 0.1) is 5.56 Å². The number of benzene rings is 1. The molecule has 0 spiro atoms. The Morgan fingerprint density at radius 1 is 1.20 bits per heavy atom. The van der Waals surface area contributed by atoms with Crippen LogP contribution in [0.25, 0.3) is 0 Å². The molecule has 1 aromatic carbocycles. The second kappa shape index (κ2) is 5.32. The first-order valence-corrected chi connectivity index (χ1v) is 5.78. The predicted molar refractivity (Wildman–Crippen MR) is 68.4 cm³/mol. The minimum Gasteiger partial charge on any atom is -0.306 e. The molecule has 3 nitrogen and oxygen atoms in total. The fourth-order valence-electron chi connectivity index (χ4n) is 1.63. The zero-order valence-electron chi connectivity index (χ0n) is 10.5. The van der Waals surface area contributed by atoms with E-state index in [0.717, 1.165) is 17.7 Å². The van der Waals surface area contributed by atoms with Crippen molar-refractivity contribution in [2.45, 2.75) is 13.1 Å². The van der Waals surface area contributed by atoms with Gasteiger partial charge in [-0.2, -0.15) is 13.2 Å². The summed E-state index contributed by atoms with van der Waals surface area (Å²) in [6.45, 7) is 1.74. The van der Waals surface area contributed by atoms with E-state index in [2.05, 4.69) is 10.3 Å². The Morgan fingerprint density at radius 2 is 1.95 bits per heavy atom. The summed E-state index contributed by atoms with van der Waals surface area (Å²) in [5.74, 6) is -0.298. The Kier molecular flexibility index (Phi) is 3.74. The first kappa shape index (κ1) is 14.0. The number of aryl methyl sites for hydroxylation is 1. The van der Waals surface area contributed by atoms with Gasteiger partial charge in [0.1, 0.15) is 5.82 Å². The van der Waals surface area contributed by atoms with Crippen LogP contribution in [0.15, 0.2) is 42.6 Å². The van der Waals surface area contributed by atoms with Crippen LogP contribution in [-0.2, 0) is 6.18 Å². The minimum atomic E-state index is -4.47. The Morgan fingerprint density at radius 3 is 2.60 bits per heavy atom. The molecule has 0 saturated heterocycles. The average molecular weight is 280 g/mol. The molecule has 0 saturated carbocycles. The number of carbonyl (C=O) groups is 1. The van der Waals surface area contributed by atoms with Crippen molar-refractivity contribution < 1.29 is 18.0 Å². The van der Waals surface area contributed by atoms with Crippen LogP contribution in [0.5, 0.6) is 0 Å². The number of amides is 1. The van der Waals surface area contributed by atoms with Crippen LogP contribution >= 0.6 is 0 Å². The third-order valence-electron chi connectivity index (χ3n) is 2.69. The molecular formula is C14H11F3N2O. The van der Waals surface area contributed by atoms with Crippen molar-refractivity contribution >= 4 is 11.7 Å². The predicted octanol–water partition coefficient (Wildman–Crippen LogP) is 3.66. The first-order chi connectivity index (χ1) is 9.38. The van der Waals surface area contributed by atoms with E-state index in [9.17, 15) is 18.0 Å². The molecule has 0 bridgehead atoms. The van der Waals surface area contributed by atoms with E-state index in [0.29, 0.717) is 5.82 Å². The number of anilines is 1. The van der Waals surface area contributed by atoms with E-state index in [1.807, 2.05) is 0 Å². The standard InChI is InChI=1S/C14H11F3N2O/c1-9-4-3-7-18-12(9)19-13(20)10-5-2-6-11(8-10)14(15,16)17/h2-8H,1H3,(H,18,19,20). The monoisotopic (exact) mass is 280 g/mol. The van der Waals surface area contributed by atoms with E-state index in [-0.39, 0.29) is 5.56 Å². The molecule has 0 aliphatic heterocycles. The number of nitrogens with zero attached hydrogens (tertiary/aromatic N) is 1. The minimum absolute atomic E-state index is 0.0649. The van der Waals surface area contributed by atoms with Gasteiger partial charge in [-0.05, 0) is 36.8 Å². The summed E-state index contributed by atoms with van der Waals surface area (Å²) in [6.07, 6.45) is -2.98. The van der Waals surface area contributed by atoms with Gasteiger partial charge in [0.2, 0.25) is 0 Å². The molecule has 0 aliphatic rings. The highest BCUT2D eigenvalue weighted by Crippen LogP contribution is 2.29. The van der Waals surface area contributed by atoms with E-state index < -0.39 is 17.6 Å². The zero-order valence-corrected chi connectivity index (χ0v) is 10.5. The molecule has 1 aromatic heterocycles. The summed E-state index contributed by atoms with van der Waals surface area (Å²) >= 11 is 0. The van der Waals surface area contributed by atoms with Crippen LogP contribution in [0.4, 0.5) is 19.0 Å². The smallest absolute Gasteiger partial charge is 0.306 e. The highest BCUT2D eigenvalue weighted by Gasteiger charge is 2.30. The molecule has 0 fully saturated rings. The number of alkyl halides is 3. The number of hydrogen-bond acceptors (Lipinski definition) is 2. The lowest BCUT2D eigenvalue weighted by atomic mass is 10.1. The highest BCUT2D eigenvalue weighted by atomic mass is 19.4. The van der Waals surface area contributed by atoms with E-state index in [1.165, 1.54) is 18.3 Å². The van der Waals surface area contributed by atoms with Crippen molar-refractivity contribution in [3.63, 3.8) is 0 Å². The number of carbonyl (C=O) groups excluding carboxylic acids is 1. The van der Waals surface area contributed by atoms with Gasteiger partial charge in [0.25, 0.3) is 5.91 Å². The number of halogens is 3. The van der Waals surface area contributed by atoms with E-state index >= 15 is 0 Å². The quantitative estimate of drug-likeness (QED) is 0.912. The van der Waals surface area contributed by atoms with Gasteiger partial charge in [-0.3, -0.25) is 4.79 Å². The van der Waals surface area contributed by atoms with Gasteiger partial charge in [-0.1, -0.05) is 12.1 Å². The van der Waals surface area contributed by atoms with Crippen LogP contribution in [-0.4, -0.2) is 10.9 Å². The fraction of sp³-hybridized carbons (Fsp3) is 0.143. The lowest BCUT2D eigenvalue weighted by molar-refractivity contribution is -0.137. The molecule has 1 N–H and O–H groups in total. The van der Waals surface area contributed by atoms with Gasteiger partial charge in [-0.25, -0.2) is 4.98 Å². The molecule has 20 heavy (non-hydrogen) atoms. The molecule has 0 aliphatic carbocycles. The summed E-state index contributed by atoms with van der Waals surface area (Å²) in [6, 6.07) is 7.70. The lowest BCUT2D eigenvalue weighted by Gasteiger charge is -2.10. The van der Waals surface area contributed by atoms with E-state index in [1.54, 1.807) is 19.1 Å².